The highest BCUT2D eigenvalue weighted by molar-refractivity contribution is 7.12. The van der Waals surface area contributed by atoms with Crippen LogP contribution in [0.3, 0.4) is 0 Å². The maximum absolute atomic E-state index is 12.0. The third-order valence-electron chi connectivity index (χ3n) is 4.14. The number of carbonyl (C=O) groups excluding carboxylic acids is 2. The van der Waals surface area contributed by atoms with Gasteiger partial charge in [-0.1, -0.05) is 36.4 Å². The summed E-state index contributed by atoms with van der Waals surface area (Å²) in [7, 11) is 0. The highest BCUT2D eigenvalue weighted by atomic mass is 32.1. The average Bonchev–Trinajstić information content (AvgIpc) is 3.28. The van der Waals surface area contributed by atoms with E-state index in [-0.39, 0.29) is 11.9 Å². The topological polar surface area (TPSA) is 64.6 Å². The Morgan fingerprint density at radius 1 is 0.897 bits per heavy atom. The van der Waals surface area contributed by atoms with Crippen LogP contribution in [0.2, 0.25) is 0 Å². The molecule has 0 aliphatic heterocycles. The Bertz CT molecular complexity index is 892. The van der Waals surface area contributed by atoms with Crippen molar-refractivity contribution in [1.82, 2.24) is 0 Å². The number of ether oxygens (including phenoxy) is 2. The van der Waals surface area contributed by atoms with Gasteiger partial charge in [-0.2, -0.15) is 0 Å². The van der Waals surface area contributed by atoms with E-state index in [0.717, 1.165) is 6.42 Å². The van der Waals surface area contributed by atoms with Crippen LogP contribution in [-0.4, -0.2) is 25.1 Å². The molecule has 3 aromatic rings. The van der Waals surface area contributed by atoms with Crippen LogP contribution in [0.25, 0.3) is 0 Å². The van der Waals surface area contributed by atoms with Crippen LogP contribution in [0.4, 0.5) is 5.69 Å². The largest absolute Gasteiger partial charge is 0.427 e. The molecule has 0 unspecified atom stereocenters. The van der Waals surface area contributed by atoms with Crippen molar-refractivity contribution in [2.75, 3.05) is 18.5 Å². The van der Waals surface area contributed by atoms with E-state index in [1.807, 2.05) is 29.6 Å². The zero-order chi connectivity index (χ0) is 20.3. The molecule has 2 aromatic carbocycles. The lowest BCUT2D eigenvalue weighted by Gasteiger charge is -2.07. The standard InChI is InChI=1S/C23H23NO4S/c25-22(9-4-15-27-16-14-18-6-2-1-3-7-18)28-20-12-10-19(11-13-20)24-23(26)21-8-5-17-29-21/h1-3,5-8,10-13,17H,4,9,14-16H2,(H,24,26). The van der Waals surface area contributed by atoms with Gasteiger partial charge in [0.05, 0.1) is 11.5 Å². The summed E-state index contributed by atoms with van der Waals surface area (Å²) in [5, 5.41) is 4.66. The third-order valence-corrected chi connectivity index (χ3v) is 5.00. The Morgan fingerprint density at radius 3 is 2.41 bits per heavy atom. The highest BCUT2D eigenvalue weighted by Gasteiger charge is 2.08. The van der Waals surface area contributed by atoms with Gasteiger partial charge in [-0.05, 0) is 54.1 Å². The van der Waals surface area contributed by atoms with Crippen molar-refractivity contribution in [2.45, 2.75) is 19.3 Å². The molecule has 0 bridgehead atoms. The van der Waals surface area contributed by atoms with Crippen molar-refractivity contribution >= 4 is 28.9 Å². The molecule has 150 valence electrons. The fraction of sp³-hybridized carbons (Fsp3) is 0.217. The molecule has 3 rings (SSSR count). The lowest BCUT2D eigenvalue weighted by molar-refractivity contribution is -0.134. The molecule has 0 saturated heterocycles. The zero-order valence-electron chi connectivity index (χ0n) is 16.0. The van der Waals surface area contributed by atoms with Crippen LogP contribution in [0.15, 0.2) is 72.1 Å². The quantitative estimate of drug-likeness (QED) is 0.292. The Balaban J connectivity index is 1.31. The van der Waals surface area contributed by atoms with Crippen LogP contribution in [0, 0.1) is 0 Å². The van der Waals surface area contributed by atoms with E-state index in [4.69, 9.17) is 9.47 Å². The molecule has 5 nitrogen and oxygen atoms in total. The van der Waals surface area contributed by atoms with Crippen molar-refractivity contribution in [3.05, 3.63) is 82.6 Å². The molecule has 0 radical (unpaired) electrons. The van der Waals surface area contributed by atoms with Crippen LogP contribution < -0.4 is 10.1 Å². The smallest absolute Gasteiger partial charge is 0.311 e. The second-order valence-corrected chi connectivity index (χ2v) is 7.33. The van der Waals surface area contributed by atoms with Crippen molar-refractivity contribution in [3.63, 3.8) is 0 Å². The van der Waals surface area contributed by atoms with Crippen LogP contribution in [0.1, 0.15) is 28.1 Å². The van der Waals surface area contributed by atoms with Gasteiger partial charge in [0.2, 0.25) is 0 Å². The maximum atomic E-state index is 12.0. The van der Waals surface area contributed by atoms with Crippen molar-refractivity contribution in [3.8, 4) is 5.75 Å². The fourth-order valence-corrected chi connectivity index (χ4v) is 3.26. The Hall–Kier alpha value is -2.96. The molecule has 29 heavy (non-hydrogen) atoms. The summed E-state index contributed by atoms with van der Waals surface area (Å²) in [6.07, 6.45) is 1.77. The zero-order valence-corrected chi connectivity index (χ0v) is 16.8. The Morgan fingerprint density at radius 2 is 1.69 bits per heavy atom. The molecule has 1 heterocycles. The van der Waals surface area contributed by atoms with E-state index in [2.05, 4.69) is 17.4 Å². The lowest BCUT2D eigenvalue weighted by atomic mass is 10.2. The third kappa shape index (κ3) is 7.18. The summed E-state index contributed by atoms with van der Waals surface area (Å²) in [5.74, 6) is -0.00171. The van der Waals surface area contributed by atoms with E-state index >= 15 is 0 Å². The van der Waals surface area contributed by atoms with Crippen LogP contribution >= 0.6 is 11.3 Å². The molecule has 0 saturated carbocycles. The molecule has 0 aliphatic carbocycles. The minimum absolute atomic E-state index is 0.156. The SMILES string of the molecule is O=C(CCCOCCc1ccccc1)Oc1ccc(NC(=O)c2cccs2)cc1. The first kappa shape index (κ1) is 20.8. The number of rotatable bonds is 10. The number of benzene rings is 2. The second-order valence-electron chi connectivity index (χ2n) is 6.38. The summed E-state index contributed by atoms with van der Waals surface area (Å²) < 4.78 is 10.9. The van der Waals surface area contributed by atoms with E-state index in [1.54, 1.807) is 30.3 Å². The number of thiophene rings is 1. The van der Waals surface area contributed by atoms with Crippen molar-refractivity contribution in [2.24, 2.45) is 0 Å². The van der Waals surface area contributed by atoms with Crippen molar-refractivity contribution < 1.29 is 19.1 Å². The Kier molecular flexibility index (Phi) is 7.98. The second kappa shape index (κ2) is 11.1. The van der Waals surface area contributed by atoms with Crippen molar-refractivity contribution in [1.29, 1.82) is 0 Å². The van der Waals surface area contributed by atoms with Crippen LogP contribution in [-0.2, 0) is 16.0 Å². The molecular formula is C23H23NO4S. The molecule has 1 N–H and O–H groups in total. The number of nitrogens with one attached hydrogen (secondary N) is 1. The molecule has 0 atom stereocenters. The van der Waals surface area contributed by atoms with E-state index in [1.165, 1.54) is 16.9 Å². The monoisotopic (exact) mass is 409 g/mol. The number of hydrogen-bond donors (Lipinski definition) is 1. The van der Waals surface area contributed by atoms with Gasteiger partial charge in [0, 0.05) is 18.7 Å². The van der Waals surface area contributed by atoms with E-state index < -0.39 is 0 Å². The van der Waals surface area contributed by atoms with Gasteiger partial charge in [0.15, 0.2) is 0 Å². The molecule has 0 aliphatic rings. The Labute approximate surface area is 174 Å². The normalized spacial score (nSPS) is 10.5. The molecule has 1 aromatic heterocycles. The summed E-state index contributed by atoms with van der Waals surface area (Å²) in [6.45, 7) is 1.16. The number of hydrogen-bond acceptors (Lipinski definition) is 5. The van der Waals surface area contributed by atoms with E-state index in [0.29, 0.717) is 42.4 Å². The summed E-state index contributed by atoms with van der Waals surface area (Å²) >= 11 is 1.38. The first-order chi connectivity index (χ1) is 14.2. The van der Waals surface area contributed by atoms with Gasteiger partial charge in [0.25, 0.3) is 5.91 Å². The van der Waals surface area contributed by atoms with Gasteiger partial charge in [-0.15, -0.1) is 11.3 Å². The van der Waals surface area contributed by atoms with Gasteiger partial charge >= 0.3 is 5.97 Å². The minimum atomic E-state index is -0.299. The first-order valence-electron chi connectivity index (χ1n) is 9.48. The number of amides is 1. The molecule has 0 spiro atoms. The van der Waals surface area contributed by atoms with Crippen LogP contribution in [0.5, 0.6) is 5.75 Å². The summed E-state index contributed by atoms with van der Waals surface area (Å²) in [6, 6.07) is 20.5. The van der Waals surface area contributed by atoms with Gasteiger partial charge < -0.3 is 14.8 Å². The lowest BCUT2D eigenvalue weighted by Crippen LogP contribution is -2.11. The predicted octanol–water partition coefficient (Wildman–Crippen LogP) is 4.95. The molecule has 1 amide bonds. The minimum Gasteiger partial charge on any atom is -0.427 e. The number of esters is 1. The molecule has 0 fully saturated rings. The number of carbonyl (C=O) groups is 2. The van der Waals surface area contributed by atoms with Gasteiger partial charge in [0.1, 0.15) is 5.75 Å². The average molecular weight is 410 g/mol. The first-order valence-corrected chi connectivity index (χ1v) is 10.4. The number of anilines is 1. The molecular weight excluding hydrogens is 386 g/mol. The van der Waals surface area contributed by atoms with Gasteiger partial charge in [-0.25, -0.2) is 0 Å². The fourth-order valence-electron chi connectivity index (χ4n) is 2.64. The van der Waals surface area contributed by atoms with Gasteiger partial charge in [-0.3, -0.25) is 9.59 Å². The summed E-state index contributed by atoms with van der Waals surface area (Å²) in [5.41, 5.74) is 1.89. The van der Waals surface area contributed by atoms with E-state index in [9.17, 15) is 9.59 Å². The highest BCUT2D eigenvalue weighted by Crippen LogP contribution is 2.18. The predicted molar refractivity (Wildman–Crippen MR) is 115 cm³/mol. The summed E-state index contributed by atoms with van der Waals surface area (Å²) in [4.78, 5) is 24.6. The maximum Gasteiger partial charge on any atom is 0.311 e. The molecule has 6 heteroatoms.